The number of nitrogens with zero attached hydrogens (tertiary/aromatic N) is 3. The fourth-order valence-corrected chi connectivity index (χ4v) is 5.44. The fourth-order valence-electron chi connectivity index (χ4n) is 3.95. The van der Waals surface area contributed by atoms with Crippen LogP contribution in [0.5, 0.6) is 5.75 Å². The third-order valence-electron chi connectivity index (χ3n) is 5.76. The lowest BCUT2D eigenvalue weighted by molar-refractivity contribution is 0.0676. The summed E-state index contributed by atoms with van der Waals surface area (Å²) in [7, 11) is 2.93. The van der Waals surface area contributed by atoms with E-state index in [2.05, 4.69) is 26.3 Å². The predicted molar refractivity (Wildman–Crippen MR) is 137 cm³/mol. The number of benzene rings is 1. The van der Waals surface area contributed by atoms with E-state index in [1.807, 2.05) is 4.90 Å². The molecule has 1 aromatic carbocycles. The Kier molecular flexibility index (Phi) is 7.59. The molecule has 3 aromatic rings. The number of aromatic nitrogens is 2. The van der Waals surface area contributed by atoms with Crippen molar-refractivity contribution in [1.82, 2.24) is 14.7 Å². The smallest absolute Gasteiger partial charge is 0.282 e. The second-order valence-corrected chi connectivity index (χ2v) is 9.91. The number of methoxy groups -OCH3 is 1. The molecule has 8 nitrogen and oxygen atoms in total. The number of hydrogen-bond acceptors (Lipinski definition) is 8. The van der Waals surface area contributed by atoms with Crippen molar-refractivity contribution in [2.75, 3.05) is 32.5 Å². The summed E-state index contributed by atoms with van der Waals surface area (Å²) >= 11 is 3.37. The molecular formula is C21H23IN4O4S2. The first-order valence-electron chi connectivity index (χ1n) is 10.2. The van der Waals surface area contributed by atoms with Gasteiger partial charge in [0.05, 0.1) is 39.0 Å². The maximum absolute atomic E-state index is 13.4. The molecule has 1 amide bonds. The van der Waals surface area contributed by atoms with Gasteiger partial charge in [-0.15, -0.1) is 11.3 Å². The van der Waals surface area contributed by atoms with Crippen LogP contribution in [0.3, 0.4) is 0 Å². The Morgan fingerprint density at radius 3 is 2.69 bits per heavy atom. The van der Waals surface area contributed by atoms with Gasteiger partial charge in [-0.1, -0.05) is 0 Å². The van der Waals surface area contributed by atoms with Crippen molar-refractivity contribution in [3.63, 3.8) is 0 Å². The fraction of sp³-hybridized carbons (Fsp3) is 0.381. The van der Waals surface area contributed by atoms with Gasteiger partial charge in [-0.05, 0) is 49.4 Å². The lowest BCUT2D eigenvalue weighted by Gasteiger charge is -2.31. The van der Waals surface area contributed by atoms with Crippen molar-refractivity contribution in [2.24, 2.45) is 5.92 Å². The molecule has 1 aliphatic rings. The highest BCUT2D eigenvalue weighted by Crippen LogP contribution is 2.30. The zero-order chi connectivity index (χ0) is 22.7. The molecule has 170 valence electrons. The van der Waals surface area contributed by atoms with Gasteiger partial charge in [-0.25, -0.2) is 0 Å². The number of hydrogen-bond donors (Lipinski definition) is 1. The van der Waals surface area contributed by atoms with E-state index in [1.54, 1.807) is 36.8 Å². The Morgan fingerprint density at radius 2 is 2.03 bits per heavy atom. The molecule has 3 heterocycles. The van der Waals surface area contributed by atoms with Gasteiger partial charge in [0.15, 0.2) is 5.69 Å². The molecule has 0 radical (unpaired) electrons. The van der Waals surface area contributed by atoms with Gasteiger partial charge in [0.25, 0.3) is 11.5 Å². The quantitative estimate of drug-likeness (QED) is 0.251. The van der Waals surface area contributed by atoms with Gasteiger partial charge in [0.1, 0.15) is 5.75 Å². The van der Waals surface area contributed by atoms with E-state index in [1.165, 1.54) is 25.2 Å². The minimum absolute atomic E-state index is 0.174. The van der Waals surface area contributed by atoms with Crippen LogP contribution in [0.1, 0.15) is 29.8 Å². The highest BCUT2D eigenvalue weighted by atomic mass is 127. The van der Waals surface area contributed by atoms with E-state index >= 15 is 0 Å². The average Bonchev–Trinajstić information content (AvgIpc) is 3.22. The van der Waals surface area contributed by atoms with Crippen molar-refractivity contribution in [3.8, 4) is 11.4 Å². The Labute approximate surface area is 205 Å². The van der Waals surface area contributed by atoms with Crippen molar-refractivity contribution >= 4 is 63.4 Å². The summed E-state index contributed by atoms with van der Waals surface area (Å²) in [6, 6.07) is 6.96. The zero-order valence-corrected chi connectivity index (χ0v) is 21.2. The lowest BCUT2D eigenvalue weighted by Crippen LogP contribution is -2.40. The molecule has 0 aliphatic carbocycles. The Hall–Kier alpha value is -1.83. The van der Waals surface area contributed by atoms with Gasteiger partial charge >= 0.3 is 0 Å². The van der Waals surface area contributed by atoms with Crippen LogP contribution < -0.4 is 16.0 Å². The van der Waals surface area contributed by atoms with Crippen LogP contribution >= 0.6 is 41.8 Å². The summed E-state index contributed by atoms with van der Waals surface area (Å²) in [5, 5.41) is 7.48. The van der Waals surface area contributed by atoms with Gasteiger partial charge in [0, 0.05) is 45.1 Å². The third kappa shape index (κ3) is 4.75. The Bertz CT molecular complexity index is 1160. The maximum Gasteiger partial charge on any atom is 0.282 e. The standard InChI is InChI=1S/C21H23IN4O4S2/c1-29-15-4-2-14(3-5-15)26-20(27)17-16(12-31-19(17)23)18(24-26)21(28)25-9-6-13(7-10-25)8-11-30-32-22/h2-5,12-13H,6-11,23H2,1H3. The summed E-state index contributed by atoms with van der Waals surface area (Å²) in [6.45, 7) is 2.03. The first-order valence-corrected chi connectivity index (χ1v) is 14.3. The van der Waals surface area contributed by atoms with Crippen LogP contribution in [0, 0.1) is 5.92 Å². The number of anilines is 1. The van der Waals surface area contributed by atoms with E-state index in [0.717, 1.165) is 25.9 Å². The number of nitrogens with two attached hydrogens (primary N) is 1. The molecule has 0 atom stereocenters. The van der Waals surface area contributed by atoms with Gasteiger partial charge in [-0.3, -0.25) is 9.59 Å². The molecule has 11 heteroatoms. The number of fused-ring (bicyclic) bond motifs is 1. The van der Waals surface area contributed by atoms with E-state index in [0.29, 0.717) is 46.2 Å². The molecule has 2 aromatic heterocycles. The number of halogens is 1. The minimum atomic E-state index is -0.340. The van der Waals surface area contributed by atoms with Crippen LogP contribution in [0.15, 0.2) is 34.4 Å². The number of carbonyl (C=O) groups excluding carboxylic acids is 1. The first-order chi connectivity index (χ1) is 15.5. The molecule has 0 unspecified atom stereocenters. The van der Waals surface area contributed by atoms with E-state index in [-0.39, 0.29) is 17.2 Å². The topological polar surface area (TPSA) is 99.7 Å². The zero-order valence-electron chi connectivity index (χ0n) is 17.5. The summed E-state index contributed by atoms with van der Waals surface area (Å²) < 4.78 is 11.8. The summed E-state index contributed by atoms with van der Waals surface area (Å²) in [5.74, 6) is 1.03. The molecule has 1 fully saturated rings. The third-order valence-corrected chi connectivity index (χ3v) is 7.59. The number of ether oxygens (including phenoxy) is 1. The van der Waals surface area contributed by atoms with Crippen molar-refractivity contribution in [2.45, 2.75) is 19.3 Å². The number of likely N-dealkylation sites (tertiary alicyclic amines) is 1. The number of rotatable bonds is 7. The number of thiophene rings is 1. The summed E-state index contributed by atoms with van der Waals surface area (Å²) in [6.07, 6.45) is 2.84. The average molecular weight is 586 g/mol. The highest BCUT2D eigenvalue weighted by Gasteiger charge is 2.28. The van der Waals surface area contributed by atoms with Crippen LogP contribution in [0.25, 0.3) is 16.5 Å². The highest BCUT2D eigenvalue weighted by molar-refractivity contribution is 14.2. The van der Waals surface area contributed by atoms with Crippen LogP contribution in [-0.4, -0.2) is 47.4 Å². The van der Waals surface area contributed by atoms with E-state index in [4.69, 9.17) is 14.7 Å². The Balaban J connectivity index is 1.64. The number of piperidine rings is 1. The SMILES string of the molecule is COc1ccc(-n2nc(C(=O)N3CCC(CCOSI)CC3)c3csc(N)c3c2=O)cc1. The number of nitrogen functional groups attached to an aromatic ring is 1. The van der Waals surface area contributed by atoms with E-state index in [9.17, 15) is 9.59 Å². The predicted octanol–water partition coefficient (Wildman–Crippen LogP) is 4.30. The summed E-state index contributed by atoms with van der Waals surface area (Å²) in [4.78, 5) is 28.4. The molecule has 4 rings (SSSR count). The molecule has 0 spiro atoms. The maximum atomic E-state index is 13.4. The second kappa shape index (κ2) is 10.4. The summed E-state index contributed by atoms with van der Waals surface area (Å²) in [5.41, 5.74) is 6.57. The van der Waals surface area contributed by atoms with Crippen molar-refractivity contribution in [1.29, 1.82) is 0 Å². The largest absolute Gasteiger partial charge is 0.497 e. The number of carbonyl (C=O) groups is 1. The monoisotopic (exact) mass is 586 g/mol. The van der Waals surface area contributed by atoms with Crippen LogP contribution in [0.2, 0.25) is 0 Å². The molecule has 0 saturated carbocycles. The number of amides is 1. The lowest BCUT2D eigenvalue weighted by atomic mass is 9.94. The van der Waals surface area contributed by atoms with E-state index < -0.39 is 0 Å². The molecule has 1 saturated heterocycles. The first kappa shape index (κ1) is 23.3. The van der Waals surface area contributed by atoms with Gasteiger partial charge in [0.2, 0.25) is 0 Å². The second-order valence-electron chi connectivity index (χ2n) is 7.56. The molecule has 32 heavy (non-hydrogen) atoms. The van der Waals surface area contributed by atoms with Crippen LogP contribution in [0.4, 0.5) is 5.00 Å². The van der Waals surface area contributed by atoms with Crippen molar-refractivity contribution < 1.29 is 13.7 Å². The molecule has 1 aliphatic heterocycles. The Morgan fingerprint density at radius 1 is 1.31 bits per heavy atom. The van der Waals surface area contributed by atoms with Gasteiger partial charge < -0.3 is 19.6 Å². The van der Waals surface area contributed by atoms with Crippen LogP contribution in [-0.2, 0) is 4.18 Å². The van der Waals surface area contributed by atoms with Crippen molar-refractivity contribution in [3.05, 3.63) is 45.7 Å². The molecule has 0 bridgehead atoms. The molecule has 2 N–H and O–H groups in total. The molecular weight excluding hydrogens is 563 g/mol. The minimum Gasteiger partial charge on any atom is -0.497 e. The normalized spacial score (nSPS) is 14.8. The van der Waals surface area contributed by atoms with Gasteiger partial charge in [-0.2, -0.15) is 9.78 Å².